The highest BCUT2D eigenvalue weighted by atomic mass is 16.6. The van der Waals surface area contributed by atoms with E-state index in [-0.39, 0.29) is 31.1 Å². The summed E-state index contributed by atoms with van der Waals surface area (Å²) in [5.41, 5.74) is 0. The number of carbonyl (C=O) groups is 3. The lowest BCUT2D eigenvalue weighted by Crippen LogP contribution is -2.30. The van der Waals surface area contributed by atoms with Gasteiger partial charge in [0.05, 0.1) is 0 Å². The van der Waals surface area contributed by atoms with E-state index in [9.17, 15) is 14.4 Å². The third-order valence-electron chi connectivity index (χ3n) is 13.1. The average molecular weight is 954 g/mol. The van der Waals surface area contributed by atoms with E-state index in [1.54, 1.807) is 0 Å². The summed E-state index contributed by atoms with van der Waals surface area (Å²) in [6.07, 6.45) is 69.9. The quantitative estimate of drug-likeness (QED) is 0.0262. The van der Waals surface area contributed by atoms with Gasteiger partial charge in [-0.2, -0.15) is 0 Å². The number of hydrogen-bond acceptors (Lipinski definition) is 6. The molecule has 0 rings (SSSR count). The van der Waals surface area contributed by atoms with Crippen LogP contribution in [0.15, 0.2) is 48.6 Å². The van der Waals surface area contributed by atoms with Crippen LogP contribution in [0.3, 0.4) is 0 Å². The minimum Gasteiger partial charge on any atom is -0.462 e. The fraction of sp³-hybridized carbons (Fsp3) is 0.823. The smallest absolute Gasteiger partial charge is 0.306 e. The van der Waals surface area contributed by atoms with Crippen LogP contribution in [-0.4, -0.2) is 37.2 Å². The minimum absolute atomic E-state index is 0.0850. The fourth-order valence-electron chi connectivity index (χ4n) is 8.62. The Hall–Kier alpha value is -2.63. The number of hydrogen-bond donors (Lipinski definition) is 0. The van der Waals surface area contributed by atoms with Crippen LogP contribution in [0.25, 0.3) is 0 Å². The van der Waals surface area contributed by atoms with E-state index >= 15 is 0 Å². The summed E-state index contributed by atoms with van der Waals surface area (Å²) in [6, 6.07) is 0. The first-order valence-corrected chi connectivity index (χ1v) is 29.6. The number of unbranched alkanes of at least 4 members (excludes halogenated alkanes) is 35. The molecule has 68 heavy (non-hydrogen) atoms. The van der Waals surface area contributed by atoms with Gasteiger partial charge in [0.2, 0.25) is 0 Å². The van der Waals surface area contributed by atoms with Gasteiger partial charge in [-0.05, 0) is 70.6 Å². The van der Waals surface area contributed by atoms with Crippen molar-refractivity contribution in [3.05, 3.63) is 48.6 Å². The summed E-state index contributed by atoms with van der Waals surface area (Å²) in [7, 11) is 0. The maximum Gasteiger partial charge on any atom is 0.306 e. The second kappa shape index (κ2) is 57.0. The molecule has 6 nitrogen and oxygen atoms in total. The van der Waals surface area contributed by atoms with E-state index < -0.39 is 6.10 Å². The lowest BCUT2D eigenvalue weighted by molar-refractivity contribution is -0.167. The third kappa shape index (κ3) is 54.3. The molecule has 0 saturated heterocycles. The molecule has 0 spiro atoms. The first-order valence-electron chi connectivity index (χ1n) is 29.6. The van der Waals surface area contributed by atoms with E-state index in [0.717, 1.165) is 89.9 Å². The summed E-state index contributed by atoms with van der Waals surface area (Å²) >= 11 is 0. The Labute approximate surface area is 422 Å². The Bertz CT molecular complexity index is 1190. The highest BCUT2D eigenvalue weighted by molar-refractivity contribution is 5.71. The zero-order valence-corrected chi connectivity index (χ0v) is 45.4. The van der Waals surface area contributed by atoms with Gasteiger partial charge in [-0.15, -0.1) is 0 Å². The third-order valence-corrected chi connectivity index (χ3v) is 13.1. The van der Waals surface area contributed by atoms with Crippen LogP contribution >= 0.6 is 0 Å². The van der Waals surface area contributed by atoms with E-state index in [0.29, 0.717) is 19.3 Å². The van der Waals surface area contributed by atoms with Crippen LogP contribution < -0.4 is 0 Å². The fourth-order valence-corrected chi connectivity index (χ4v) is 8.62. The largest absolute Gasteiger partial charge is 0.462 e. The van der Waals surface area contributed by atoms with E-state index in [1.165, 1.54) is 180 Å². The maximum absolute atomic E-state index is 12.8. The van der Waals surface area contributed by atoms with Gasteiger partial charge in [-0.3, -0.25) is 14.4 Å². The van der Waals surface area contributed by atoms with Crippen molar-refractivity contribution in [2.24, 2.45) is 0 Å². The van der Waals surface area contributed by atoms with E-state index in [1.807, 2.05) is 0 Å². The molecule has 0 radical (unpaired) electrons. The van der Waals surface area contributed by atoms with Gasteiger partial charge in [0.1, 0.15) is 13.2 Å². The predicted octanol–water partition coefficient (Wildman–Crippen LogP) is 19.8. The summed E-state index contributed by atoms with van der Waals surface area (Å²) in [5.74, 6) is -0.913. The van der Waals surface area contributed by atoms with Gasteiger partial charge in [-0.25, -0.2) is 0 Å². The van der Waals surface area contributed by atoms with Gasteiger partial charge in [0.15, 0.2) is 6.10 Å². The SMILES string of the molecule is CC/C=C\C/C=C\C/C=C\CCCCCC(=O)OC(COC(=O)CCCCCCC/C=C\CCCC)COC(=O)CCCCCCCCCCCCCCCCCCCCCCCCCCCC. The topological polar surface area (TPSA) is 78.9 Å². The molecule has 0 aromatic carbocycles. The lowest BCUT2D eigenvalue weighted by Gasteiger charge is -2.18. The molecule has 0 aromatic heterocycles. The maximum atomic E-state index is 12.8. The van der Waals surface area contributed by atoms with Crippen LogP contribution in [0.1, 0.15) is 310 Å². The lowest BCUT2D eigenvalue weighted by atomic mass is 10.0. The number of ether oxygens (including phenoxy) is 3. The van der Waals surface area contributed by atoms with Crippen molar-refractivity contribution in [1.82, 2.24) is 0 Å². The Morgan fingerprint density at radius 1 is 0.309 bits per heavy atom. The molecule has 0 bridgehead atoms. The van der Waals surface area contributed by atoms with Gasteiger partial charge >= 0.3 is 17.9 Å². The summed E-state index contributed by atoms with van der Waals surface area (Å²) < 4.78 is 16.8. The molecule has 0 saturated carbocycles. The molecule has 0 heterocycles. The molecule has 0 aliphatic rings. The Morgan fingerprint density at radius 2 is 0.588 bits per heavy atom. The molecule has 0 fully saturated rings. The Morgan fingerprint density at radius 3 is 0.971 bits per heavy atom. The normalized spacial score (nSPS) is 12.3. The van der Waals surface area contributed by atoms with Crippen molar-refractivity contribution < 1.29 is 28.6 Å². The van der Waals surface area contributed by atoms with Gasteiger partial charge in [0, 0.05) is 19.3 Å². The molecule has 0 N–H and O–H groups in total. The molecule has 0 amide bonds. The molecule has 0 aromatic rings. The Kier molecular flexibility index (Phi) is 54.8. The van der Waals surface area contributed by atoms with Gasteiger partial charge < -0.3 is 14.2 Å². The first-order chi connectivity index (χ1) is 33.5. The van der Waals surface area contributed by atoms with Crippen LogP contribution in [-0.2, 0) is 28.6 Å². The highest BCUT2D eigenvalue weighted by Crippen LogP contribution is 2.17. The monoisotopic (exact) mass is 953 g/mol. The summed E-state index contributed by atoms with van der Waals surface area (Å²) in [6.45, 7) is 6.49. The number of rotatable bonds is 54. The predicted molar refractivity (Wildman–Crippen MR) is 293 cm³/mol. The second-order valence-electron chi connectivity index (χ2n) is 19.9. The molecule has 1 atom stereocenters. The average Bonchev–Trinajstić information content (AvgIpc) is 3.34. The molecular weight excluding hydrogens is 841 g/mol. The van der Waals surface area contributed by atoms with Crippen molar-refractivity contribution in [2.45, 2.75) is 316 Å². The molecule has 0 aliphatic carbocycles. The van der Waals surface area contributed by atoms with Gasteiger partial charge in [-0.1, -0.05) is 268 Å². The number of allylic oxidation sites excluding steroid dienone is 8. The second-order valence-corrected chi connectivity index (χ2v) is 19.9. The molecule has 0 aliphatic heterocycles. The van der Waals surface area contributed by atoms with Crippen molar-refractivity contribution in [3.63, 3.8) is 0 Å². The minimum atomic E-state index is -0.789. The first kappa shape index (κ1) is 65.4. The number of carbonyl (C=O) groups excluding carboxylic acids is 3. The Balaban J connectivity index is 4.17. The van der Waals surface area contributed by atoms with Crippen molar-refractivity contribution >= 4 is 17.9 Å². The molecular formula is C62H112O6. The highest BCUT2D eigenvalue weighted by Gasteiger charge is 2.19. The van der Waals surface area contributed by atoms with Crippen LogP contribution in [0.4, 0.5) is 0 Å². The summed E-state index contributed by atoms with van der Waals surface area (Å²) in [4.78, 5) is 38.0. The molecule has 6 heteroatoms. The van der Waals surface area contributed by atoms with Gasteiger partial charge in [0.25, 0.3) is 0 Å². The van der Waals surface area contributed by atoms with Crippen molar-refractivity contribution in [2.75, 3.05) is 13.2 Å². The van der Waals surface area contributed by atoms with Crippen LogP contribution in [0, 0.1) is 0 Å². The van der Waals surface area contributed by atoms with Crippen LogP contribution in [0.5, 0.6) is 0 Å². The summed E-state index contributed by atoms with van der Waals surface area (Å²) in [5, 5.41) is 0. The van der Waals surface area contributed by atoms with Crippen molar-refractivity contribution in [1.29, 1.82) is 0 Å². The number of esters is 3. The van der Waals surface area contributed by atoms with E-state index in [4.69, 9.17) is 14.2 Å². The van der Waals surface area contributed by atoms with E-state index in [2.05, 4.69) is 69.4 Å². The van der Waals surface area contributed by atoms with Crippen molar-refractivity contribution in [3.8, 4) is 0 Å². The standard InChI is InChI=1S/C62H112O6/c1-4-7-10-13-16-19-22-24-25-26-27-28-29-30-31-32-33-34-35-36-38-40-43-46-49-52-55-61(64)67-58-59(57-66-60(63)54-51-48-45-42-39-21-18-15-12-9-6-3)68-62(65)56-53-50-47-44-41-37-23-20-17-14-11-8-5-2/h8,11,15,17-18,20,37,41,59H,4-7,9-10,12-14,16,19,21-36,38-40,42-58H2,1-3H3/b11-8-,18-15-,20-17-,41-37-. The molecule has 1 unspecified atom stereocenters. The molecule has 396 valence electrons. The zero-order valence-electron chi connectivity index (χ0n) is 45.4. The van der Waals surface area contributed by atoms with Crippen LogP contribution in [0.2, 0.25) is 0 Å². The zero-order chi connectivity index (χ0) is 49.3.